The third-order valence-electron chi connectivity index (χ3n) is 3.64. The summed E-state index contributed by atoms with van der Waals surface area (Å²) < 4.78 is 4.91. The summed E-state index contributed by atoms with van der Waals surface area (Å²) in [7, 11) is 0. The maximum absolute atomic E-state index is 11.1. The van der Waals surface area contributed by atoms with Crippen molar-refractivity contribution in [3.63, 3.8) is 0 Å². The molecule has 0 bridgehead atoms. The number of hydrogen-bond donors (Lipinski definition) is 0. The van der Waals surface area contributed by atoms with Gasteiger partial charge in [-0.05, 0) is 45.4 Å². The minimum atomic E-state index is -0.0480. The number of rotatable bonds is 15. The van der Waals surface area contributed by atoms with Crippen LogP contribution < -0.4 is 29.6 Å². The topological polar surface area (TPSA) is 26.3 Å². The molecule has 0 aromatic heterocycles. The van der Waals surface area contributed by atoms with Gasteiger partial charge in [-0.15, -0.1) is 0 Å². The molecule has 0 amide bonds. The van der Waals surface area contributed by atoms with Crippen molar-refractivity contribution in [1.82, 2.24) is 0 Å². The smallest absolute Gasteiger partial charge is 1.00 e. The van der Waals surface area contributed by atoms with Crippen molar-refractivity contribution in [2.75, 3.05) is 6.61 Å². The minimum absolute atomic E-state index is 0. The third-order valence-corrected chi connectivity index (χ3v) is 3.64. The molecule has 23 heavy (non-hydrogen) atoms. The van der Waals surface area contributed by atoms with Crippen LogP contribution in [-0.2, 0) is 9.53 Å². The summed E-state index contributed by atoms with van der Waals surface area (Å²) in [5, 5.41) is 0. The Morgan fingerprint density at radius 2 is 1.39 bits per heavy atom. The number of ether oxygens (including phenoxy) is 1. The number of esters is 1. The van der Waals surface area contributed by atoms with Crippen LogP contribution in [0.15, 0.2) is 24.3 Å². The van der Waals surface area contributed by atoms with E-state index >= 15 is 0 Å². The molecule has 0 aromatic carbocycles. The Morgan fingerprint density at radius 3 is 2.00 bits per heavy atom. The SMILES string of the molecule is CCCCC/C=C\C/C=C\CCCCCCCC(=O)OCC.[H-].[Na+]. The van der Waals surface area contributed by atoms with E-state index in [1.54, 1.807) is 0 Å². The minimum Gasteiger partial charge on any atom is -1.00 e. The molecule has 130 valence electrons. The van der Waals surface area contributed by atoms with Crippen LogP contribution in [0.1, 0.15) is 92.3 Å². The molecular weight excluding hydrogens is 295 g/mol. The van der Waals surface area contributed by atoms with Crippen LogP contribution >= 0.6 is 0 Å². The van der Waals surface area contributed by atoms with Crippen LogP contribution in [0.25, 0.3) is 0 Å². The van der Waals surface area contributed by atoms with Crippen LogP contribution in [0.5, 0.6) is 0 Å². The number of unbranched alkanes of at least 4 members (excludes halogenated alkanes) is 8. The zero-order valence-corrected chi connectivity index (χ0v) is 17.8. The Kier molecular flexibility index (Phi) is 24.0. The fourth-order valence-electron chi connectivity index (χ4n) is 2.31. The molecule has 0 spiro atoms. The van der Waals surface area contributed by atoms with Gasteiger partial charge < -0.3 is 6.16 Å². The summed E-state index contributed by atoms with van der Waals surface area (Å²) in [6.45, 7) is 4.60. The molecule has 2 nitrogen and oxygen atoms in total. The molecule has 0 saturated carbocycles. The fraction of sp³-hybridized carbons (Fsp3) is 0.750. The molecule has 0 unspecified atom stereocenters. The molecule has 0 saturated heterocycles. The molecule has 0 atom stereocenters. The van der Waals surface area contributed by atoms with Crippen LogP contribution in [0.2, 0.25) is 0 Å². The molecule has 0 aromatic rings. The second-order valence-corrected chi connectivity index (χ2v) is 5.79. The normalized spacial score (nSPS) is 11.0. The molecule has 3 heteroatoms. The maximum Gasteiger partial charge on any atom is 1.00 e. The zero-order chi connectivity index (χ0) is 16.3. The Balaban J connectivity index is -0.00000220. The standard InChI is InChI=1S/C20H36O2.Na.H/c1-3-5-6-7-8-9-10-11-12-13-14-15-16-17-18-19-20(21)22-4-2;;/h8-9,11-12H,3-7,10,13-19H2,1-2H3;;/q;+1;-1/b9-8-,12-11-;;. The first-order valence-corrected chi connectivity index (χ1v) is 9.26. The van der Waals surface area contributed by atoms with E-state index in [9.17, 15) is 4.79 Å². The predicted molar refractivity (Wildman–Crippen MR) is 97.1 cm³/mol. The van der Waals surface area contributed by atoms with Crippen molar-refractivity contribution in [1.29, 1.82) is 0 Å². The summed E-state index contributed by atoms with van der Waals surface area (Å²) in [5.74, 6) is -0.0480. The molecule has 0 aliphatic carbocycles. The Labute approximate surface area is 167 Å². The van der Waals surface area contributed by atoms with E-state index in [-0.39, 0.29) is 37.0 Å². The molecule has 0 aliphatic rings. The van der Waals surface area contributed by atoms with E-state index in [1.807, 2.05) is 6.92 Å². The van der Waals surface area contributed by atoms with Gasteiger partial charge in [-0.25, -0.2) is 0 Å². The molecule has 0 N–H and O–H groups in total. The Morgan fingerprint density at radius 1 is 0.826 bits per heavy atom. The van der Waals surface area contributed by atoms with Crippen molar-refractivity contribution in [2.45, 2.75) is 90.9 Å². The van der Waals surface area contributed by atoms with Crippen LogP contribution in [0.4, 0.5) is 0 Å². The van der Waals surface area contributed by atoms with Gasteiger partial charge in [0.05, 0.1) is 6.61 Å². The van der Waals surface area contributed by atoms with Crippen molar-refractivity contribution in [3.8, 4) is 0 Å². The van der Waals surface area contributed by atoms with E-state index in [0.29, 0.717) is 13.0 Å². The van der Waals surface area contributed by atoms with Gasteiger partial charge in [0, 0.05) is 6.42 Å². The second-order valence-electron chi connectivity index (χ2n) is 5.79. The first-order chi connectivity index (χ1) is 10.8. The summed E-state index contributed by atoms with van der Waals surface area (Å²) >= 11 is 0. The average Bonchev–Trinajstić information content (AvgIpc) is 2.51. The Bertz CT molecular complexity index is 304. The van der Waals surface area contributed by atoms with Gasteiger partial charge >= 0.3 is 35.5 Å². The van der Waals surface area contributed by atoms with Crippen molar-refractivity contribution < 1.29 is 40.5 Å². The molecule has 0 fully saturated rings. The van der Waals surface area contributed by atoms with E-state index in [0.717, 1.165) is 19.3 Å². The second kappa shape index (κ2) is 21.9. The Hall–Kier alpha value is -0.0500. The third kappa shape index (κ3) is 21.9. The van der Waals surface area contributed by atoms with Crippen molar-refractivity contribution in [3.05, 3.63) is 24.3 Å². The number of hydrogen-bond acceptors (Lipinski definition) is 2. The molecule has 0 aliphatic heterocycles. The fourth-order valence-corrected chi connectivity index (χ4v) is 2.31. The van der Waals surface area contributed by atoms with Gasteiger partial charge in [-0.2, -0.15) is 0 Å². The van der Waals surface area contributed by atoms with Gasteiger partial charge in [-0.3, -0.25) is 4.79 Å². The van der Waals surface area contributed by atoms with E-state index < -0.39 is 0 Å². The molecule has 0 rings (SSSR count). The first-order valence-electron chi connectivity index (χ1n) is 9.26. The molecule has 0 radical (unpaired) electrons. The van der Waals surface area contributed by atoms with Crippen LogP contribution in [0, 0.1) is 0 Å². The van der Waals surface area contributed by atoms with Crippen molar-refractivity contribution in [2.24, 2.45) is 0 Å². The van der Waals surface area contributed by atoms with Gasteiger partial charge in [0.2, 0.25) is 0 Å². The van der Waals surface area contributed by atoms with Gasteiger partial charge in [0.15, 0.2) is 0 Å². The maximum atomic E-state index is 11.1. The van der Waals surface area contributed by atoms with Crippen LogP contribution in [0.3, 0.4) is 0 Å². The van der Waals surface area contributed by atoms with E-state index in [2.05, 4.69) is 31.2 Å². The quantitative estimate of drug-likeness (QED) is 0.199. The summed E-state index contributed by atoms with van der Waals surface area (Å²) in [4.78, 5) is 11.1. The average molecular weight is 333 g/mol. The number of allylic oxidation sites excluding steroid dienone is 4. The number of carbonyl (C=O) groups is 1. The first kappa shape index (κ1) is 25.2. The van der Waals surface area contributed by atoms with Gasteiger partial charge in [0.25, 0.3) is 0 Å². The zero-order valence-electron chi connectivity index (χ0n) is 16.8. The van der Waals surface area contributed by atoms with Crippen molar-refractivity contribution >= 4 is 5.97 Å². The van der Waals surface area contributed by atoms with Crippen LogP contribution in [-0.4, -0.2) is 12.6 Å². The van der Waals surface area contributed by atoms with Gasteiger partial charge in [-0.1, -0.05) is 63.3 Å². The number of carbonyl (C=O) groups excluding carboxylic acids is 1. The molecular formula is C20H37NaO2. The van der Waals surface area contributed by atoms with E-state index in [4.69, 9.17) is 4.74 Å². The monoisotopic (exact) mass is 332 g/mol. The summed E-state index contributed by atoms with van der Waals surface area (Å²) in [5.41, 5.74) is 0. The van der Waals surface area contributed by atoms with Gasteiger partial charge in [0.1, 0.15) is 0 Å². The predicted octanol–water partition coefficient (Wildman–Crippen LogP) is 3.48. The van der Waals surface area contributed by atoms with E-state index in [1.165, 1.54) is 51.4 Å². The largest absolute Gasteiger partial charge is 1.00 e. The molecule has 0 heterocycles. The summed E-state index contributed by atoms with van der Waals surface area (Å²) in [6, 6.07) is 0. The summed E-state index contributed by atoms with van der Waals surface area (Å²) in [6.07, 6.45) is 23.1.